The highest BCUT2D eigenvalue weighted by atomic mass is 16.1. The van der Waals surface area contributed by atoms with Gasteiger partial charge in [-0.05, 0) is 43.0 Å². The van der Waals surface area contributed by atoms with Crippen molar-refractivity contribution in [3.63, 3.8) is 0 Å². The predicted octanol–water partition coefficient (Wildman–Crippen LogP) is 2.68. The van der Waals surface area contributed by atoms with Gasteiger partial charge >= 0.3 is 0 Å². The first-order valence-corrected chi connectivity index (χ1v) is 7.67. The fourth-order valence-corrected chi connectivity index (χ4v) is 2.41. The number of pyridine rings is 3. The maximum atomic E-state index is 11.9. The molecule has 3 aromatic heterocycles. The molecule has 0 aliphatic rings. The molecule has 124 valence electrons. The van der Waals surface area contributed by atoms with Crippen LogP contribution in [-0.4, -0.2) is 20.9 Å². The van der Waals surface area contributed by atoms with Gasteiger partial charge in [0.05, 0.1) is 11.8 Å². The Bertz CT molecular complexity index is 1010. The van der Waals surface area contributed by atoms with Gasteiger partial charge in [0, 0.05) is 29.5 Å². The molecule has 1 unspecified atom stereocenters. The van der Waals surface area contributed by atoms with Crippen molar-refractivity contribution < 1.29 is 4.79 Å². The van der Waals surface area contributed by atoms with Crippen LogP contribution in [0.1, 0.15) is 12.5 Å². The van der Waals surface area contributed by atoms with Gasteiger partial charge in [-0.15, -0.1) is 0 Å². The Labute approximate surface area is 144 Å². The summed E-state index contributed by atoms with van der Waals surface area (Å²) in [7, 11) is 0. The van der Waals surface area contributed by atoms with Crippen LogP contribution >= 0.6 is 0 Å². The van der Waals surface area contributed by atoms with Gasteiger partial charge in [0.1, 0.15) is 17.6 Å². The summed E-state index contributed by atoms with van der Waals surface area (Å²) in [4.78, 5) is 24.6. The van der Waals surface area contributed by atoms with Gasteiger partial charge in [-0.25, -0.2) is 9.97 Å². The van der Waals surface area contributed by atoms with Crippen LogP contribution in [0.5, 0.6) is 0 Å². The fourth-order valence-electron chi connectivity index (χ4n) is 2.41. The van der Waals surface area contributed by atoms with Crippen LogP contribution < -0.4 is 11.1 Å². The summed E-state index contributed by atoms with van der Waals surface area (Å²) in [6.45, 7) is 3.50. The van der Waals surface area contributed by atoms with Gasteiger partial charge < -0.3 is 11.1 Å². The molecule has 1 atom stereocenters. The lowest BCUT2D eigenvalue weighted by atomic mass is 10.1. The van der Waals surface area contributed by atoms with Gasteiger partial charge in [0.15, 0.2) is 0 Å². The maximum Gasteiger partial charge on any atom is 0.242 e. The quantitative estimate of drug-likeness (QED) is 0.761. The number of hydrogen-bond acceptors (Lipinski definition) is 6. The number of nitriles is 1. The largest absolute Gasteiger partial charge is 0.383 e. The summed E-state index contributed by atoms with van der Waals surface area (Å²) in [5.41, 5.74) is 8.68. The number of nitrogens with zero attached hydrogens (tertiary/aromatic N) is 4. The third kappa shape index (κ3) is 3.23. The van der Waals surface area contributed by atoms with Crippen LogP contribution in [-0.2, 0) is 4.79 Å². The van der Waals surface area contributed by atoms with Gasteiger partial charge in [0.25, 0.3) is 0 Å². The van der Waals surface area contributed by atoms with Gasteiger partial charge in [-0.2, -0.15) is 5.26 Å². The van der Waals surface area contributed by atoms with E-state index in [9.17, 15) is 4.79 Å². The number of nitrogens with two attached hydrogens (primary N) is 1. The van der Waals surface area contributed by atoms with Crippen molar-refractivity contribution >= 4 is 28.3 Å². The molecule has 0 spiro atoms. The van der Waals surface area contributed by atoms with Crippen molar-refractivity contribution in [2.75, 3.05) is 11.1 Å². The second kappa shape index (κ2) is 6.53. The summed E-state index contributed by atoms with van der Waals surface area (Å²) < 4.78 is 0. The van der Waals surface area contributed by atoms with Crippen molar-refractivity contribution in [1.29, 1.82) is 5.26 Å². The highest BCUT2D eigenvalue weighted by Gasteiger charge is 2.14. The van der Waals surface area contributed by atoms with Gasteiger partial charge in [-0.1, -0.05) is 0 Å². The summed E-state index contributed by atoms with van der Waals surface area (Å²) >= 11 is 0. The zero-order valence-electron chi connectivity index (χ0n) is 13.8. The van der Waals surface area contributed by atoms with Crippen molar-refractivity contribution in [2.45, 2.75) is 13.8 Å². The standard InChI is InChI=1S/C18H16N6O/c1-10-3-4-21-8-13(10)15-5-12-6-16(24-18(25)11(2)7-19)22-9-14(12)17(20)23-15/h3-6,8-9,11H,1-2H3,(H2,20,23)(H,22,24,25). The van der Waals surface area contributed by atoms with Crippen LogP contribution in [0.2, 0.25) is 0 Å². The van der Waals surface area contributed by atoms with E-state index in [0.29, 0.717) is 22.7 Å². The molecular formula is C18H16N6O. The van der Waals surface area contributed by atoms with Crippen LogP contribution in [0.25, 0.3) is 22.0 Å². The second-order valence-corrected chi connectivity index (χ2v) is 5.71. The molecule has 0 aromatic carbocycles. The first-order valence-electron chi connectivity index (χ1n) is 7.67. The topological polar surface area (TPSA) is 118 Å². The van der Waals surface area contributed by atoms with E-state index in [0.717, 1.165) is 16.5 Å². The molecule has 0 fully saturated rings. The molecule has 7 heteroatoms. The highest BCUT2D eigenvalue weighted by molar-refractivity contribution is 5.98. The first kappa shape index (κ1) is 16.3. The average molecular weight is 332 g/mol. The number of nitrogen functional groups attached to an aromatic ring is 1. The molecule has 25 heavy (non-hydrogen) atoms. The minimum absolute atomic E-state index is 0.353. The number of anilines is 2. The Morgan fingerprint density at radius 2 is 2.16 bits per heavy atom. The second-order valence-electron chi connectivity index (χ2n) is 5.71. The Hall–Kier alpha value is -3.53. The van der Waals surface area contributed by atoms with E-state index < -0.39 is 11.8 Å². The van der Waals surface area contributed by atoms with E-state index in [4.69, 9.17) is 11.0 Å². The van der Waals surface area contributed by atoms with Crippen LogP contribution in [0.15, 0.2) is 36.8 Å². The maximum absolute atomic E-state index is 11.9. The monoisotopic (exact) mass is 332 g/mol. The van der Waals surface area contributed by atoms with E-state index in [1.165, 1.54) is 6.92 Å². The number of nitrogens with one attached hydrogen (secondary N) is 1. The molecule has 0 aliphatic carbocycles. The van der Waals surface area contributed by atoms with Crippen LogP contribution in [0.4, 0.5) is 11.6 Å². The Balaban J connectivity index is 2.05. The number of aromatic nitrogens is 3. The Kier molecular flexibility index (Phi) is 4.27. The highest BCUT2D eigenvalue weighted by Crippen LogP contribution is 2.28. The first-order chi connectivity index (χ1) is 12.0. The molecule has 0 saturated carbocycles. The minimum Gasteiger partial charge on any atom is -0.383 e. The van der Waals surface area contributed by atoms with E-state index >= 15 is 0 Å². The van der Waals surface area contributed by atoms with E-state index in [1.807, 2.05) is 25.1 Å². The number of carbonyl (C=O) groups excluding carboxylic acids is 1. The number of amides is 1. The molecule has 0 saturated heterocycles. The molecule has 3 rings (SSSR count). The number of aryl methyl sites for hydroxylation is 1. The summed E-state index contributed by atoms with van der Waals surface area (Å²) in [5.74, 6) is -0.445. The molecule has 0 bridgehead atoms. The lowest BCUT2D eigenvalue weighted by Gasteiger charge is -2.10. The molecule has 0 radical (unpaired) electrons. The zero-order chi connectivity index (χ0) is 18.0. The smallest absolute Gasteiger partial charge is 0.242 e. The molecule has 3 N–H and O–H groups in total. The predicted molar refractivity (Wildman–Crippen MR) is 95.3 cm³/mol. The fraction of sp³-hybridized carbons (Fsp3) is 0.167. The van der Waals surface area contributed by atoms with E-state index in [2.05, 4.69) is 20.3 Å². The number of hydrogen-bond donors (Lipinski definition) is 2. The average Bonchev–Trinajstić information content (AvgIpc) is 2.61. The van der Waals surface area contributed by atoms with Crippen LogP contribution in [0.3, 0.4) is 0 Å². The third-order valence-electron chi connectivity index (χ3n) is 3.90. The summed E-state index contributed by atoms with van der Waals surface area (Å²) in [6, 6.07) is 7.38. The van der Waals surface area contributed by atoms with Crippen molar-refractivity contribution in [2.24, 2.45) is 5.92 Å². The molecule has 3 heterocycles. The number of carbonyl (C=O) groups is 1. The Morgan fingerprint density at radius 3 is 2.88 bits per heavy atom. The molecule has 3 aromatic rings. The Morgan fingerprint density at radius 1 is 1.36 bits per heavy atom. The number of rotatable bonds is 3. The molecule has 0 aliphatic heterocycles. The van der Waals surface area contributed by atoms with Crippen molar-refractivity contribution in [3.05, 3.63) is 42.4 Å². The van der Waals surface area contributed by atoms with E-state index in [-0.39, 0.29) is 0 Å². The van der Waals surface area contributed by atoms with E-state index in [1.54, 1.807) is 24.7 Å². The summed E-state index contributed by atoms with van der Waals surface area (Å²) in [6.07, 6.45) is 5.02. The van der Waals surface area contributed by atoms with Gasteiger partial charge in [0.2, 0.25) is 5.91 Å². The van der Waals surface area contributed by atoms with Gasteiger partial charge in [-0.3, -0.25) is 9.78 Å². The SMILES string of the molecule is Cc1ccncc1-c1cc2cc(NC(=O)C(C)C#N)ncc2c(N)n1. The van der Waals surface area contributed by atoms with Crippen molar-refractivity contribution in [1.82, 2.24) is 15.0 Å². The lowest BCUT2D eigenvalue weighted by molar-refractivity contribution is -0.117. The normalized spacial score (nSPS) is 11.7. The van der Waals surface area contributed by atoms with Crippen LogP contribution in [0, 0.1) is 24.2 Å². The lowest BCUT2D eigenvalue weighted by Crippen LogP contribution is -2.19. The molecular weight excluding hydrogens is 316 g/mol. The van der Waals surface area contributed by atoms with Crippen molar-refractivity contribution in [3.8, 4) is 17.3 Å². The summed E-state index contributed by atoms with van der Waals surface area (Å²) in [5, 5.41) is 12.9. The minimum atomic E-state index is -0.756. The molecule has 7 nitrogen and oxygen atoms in total. The number of fused-ring (bicyclic) bond motifs is 1. The third-order valence-corrected chi connectivity index (χ3v) is 3.90. The molecule has 1 amide bonds. The zero-order valence-corrected chi connectivity index (χ0v) is 13.8.